The zero-order valence-corrected chi connectivity index (χ0v) is 9.54. The molecule has 0 aliphatic carbocycles. The van der Waals surface area contributed by atoms with E-state index < -0.39 is 42.7 Å². The van der Waals surface area contributed by atoms with Crippen LogP contribution in [0.5, 0.6) is 0 Å². The van der Waals surface area contributed by atoms with E-state index in [2.05, 4.69) is 5.10 Å². The van der Waals surface area contributed by atoms with Gasteiger partial charge in [0, 0.05) is 0 Å². The topological polar surface area (TPSA) is 183 Å². The van der Waals surface area contributed by atoms with E-state index in [1.165, 1.54) is 6.07 Å². The van der Waals surface area contributed by atoms with Gasteiger partial charge in [-0.3, -0.25) is 4.79 Å². The van der Waals surface area contributed by atoms with E-state index in [0.29, 0.717) is 6.21 Å². The fraction of sp³-hybridized carbons (Fsp3) is 0.556. The van der Waals surface area contributed by atoms with E-state index in [4.69, 9.17) is 15.5 Å². The van der Waals surface area contributed by atoms with Crippen LogP contribution in [-0.2, 0) is 9.59 Å². The van der Waals surface area contributed by atoms with Crippen LogP contribution in [0.25, 0.3) is 0 Å². The Hall–Kier alpha value is -2.06. The van der Waals surface area contributed by atoms with Crippen LogP contribution in [0.4, 0.5) is 0 Å². The molecule has 0 aliphatic heterocycles. The number of rotatable bonds is 7. The Labute approximate surface area is 107 Å². The van der Waals surface area contributed by atoms with Crippen molar-refractivity contribution in [2.24, 2.45) is 5.10 Å². The molecule has 0 bridgehead atoms. The summed E-state index contributed by atoms with van der Waals surface area (Å²) < 4.78 is 0. The number of nitrogens with one attached hydrogen (secondary N) is 1. The SMILES string of the molecule is N#CCC(=O)N/N=C/C(O)C(O)C(O)C(O)C(=O)O. The second-order valence-corrected chi connectivity index (χ2v) is 3.40. The van der Waals surface area contributed by atoms with E-state index in [1.807, 2.05) is 5.43 Å². The van der Waals surface area contributed by atoms with Crippen molar-refractivity contribution in [1.29, 1.82) is 5.26 Å². The van der Waals surface area contributed by atoms with Gasteiger partial charge in [-0.15, -0.1) is 0 Å². The average molecular weight is 275 g/mol. The molecular weight excluding hydrogens is 262 g/mol. The molecule has 0 aromatic rings. The first-order chi connectivity index (χ1) is 8.81. The molecule has 19 heavy (non-hydrogen) atoms. The van der Waals surface area contributed by atoms with Crippen molar-refractivity contribution in [2.75, 3.05) is 0 Å². The Kier molecular flexibility index (Phi) is 7.23. The normalized spacial score (nSPS) is 17.2. The molecule has 6 N–H and O–H groups in total. The number of aliphatic hydroxyl groups is 4. The number of aliphatic hydroxyl groups excluding tert-OH is 4. The van der Waals surface area contributed by atoms with Crippen molar-refractivity contribution in [2.45, 2.75) is 30.8 Å². The van der Waals surface area contributed by atoms with Crippen LogP contribution < -0.4 is 5.43 Å². The van der Waals surface area contributed by atoms with Crippen LogP contribution in [0.3, 0.4) is 0 Å². The highest BCUT2D eigenvalue weighted by Crippen LogP contribution is 2.04. The van der Waals surface area contributed by atoms with Gasteiger partial charge in [0.05, 0.1) is 12.3 Å². The molecule has 0 radical (unpaired) electrons. The number of nitrogens with zero attached hydrogens (tertiary/aromatic N) is 2. The molecule has 0 saturated heterocycles. The third-order valence-corrected chi connectivity index (χ3v) is 1.93. The number of carbonyl (C=O) groups is 2. The Morgan fingerprint density at radius 1 is 1.26 bits per heavy atom. The largest absolute Gasteiger partial charge is 0.479 e. The second kappa shape index (κ2) is 8.11. The summed E-state index contributed by atoms with van der Waals surface area (Å²) in [7, 11) is 0. The molecule has 10 nitrogen and oxygen atoms in total. The summed E-state index contributed by atoms with van der Waals surface area (Å²) in [6.45, 7) is 0. The first kappa shape index (κ1) is 16.9. The molecule has 0 fully saturated rings. The lowest BCUT2D eigenvalue weighted by molar-refractivity contribution is -0.160. The fourth-order valence-electron chi connectivity index (χ4n) is 0.920. The van der Waals surface area contributed by atoms with Gasteiger partial charge in [-0.25, -0.2) is 10.2 Å². The Balaban J connectivity index is 4.38. The maximum absolute atomic E-state index is 10.8. The summed E-state index contributed by atoms with van der Waals surface area (Å²) in [6, 6.07) is 1.54. The number of hydrazone groups is 1. The molecule has 0 aromatic carbocycles. The molecule has 0 heterocycles. The van der Waals surface area contributed by atoms with Gasteiger partial charge in [-0.05, 0) is 0 Å². The molecule has 0 aromatic heterocycles. The number of carboxylic acid groups (broad SMARTS) is 1. The minimum atomic E-state index is -2.29. The quantitative estimate of drug-likeness (QED) is 0.204. The van der Waals surface area contributed by atoms with Crippen molar-refractivity contribution in [1.82, 2.24) is 5.43 Å². The number of nitriles is 1. The number of aliphatic carboxylic acids is 1. The van der Waals surface area contributed by atoms with E-state index in [1.54, 1.807) is 0 Å². The minimum absolute atomic E-state index is 0.462. The third kappa shape index (κ3) is 5.89. The molecule has 4 atom stereocenters. The number of hydrogen-bond donors (Lipinski definition) is 6. The molecule has 4 unspecified atom stereocenters. The van der Waals surface area contributed by atoms with E-state index >= 15 is 0 Å². The Morgan fingerprint density at radius 2 is 1.84 bits per heavy atom. The van der Waals surface area contributed by atoms with Crippen LogP contribution >= 0.6 is 0 Å². The Morgan fingerprint density at radius 3 is 2.32 bits per heavy atom. The highest BCUT2D eigenvalue weighted by molar-refractivity contribution is 5.79. The van der Waals surface area contributed by atoms with Crippen molar-refractivity contribution < 1.29 is 35.1 Å². The number of amides is 1. The van der Waals surface area contributed by atoms with Gasteiger partial charge in [0.1, 0.15) is 24.7 Å². The highest BCUT2D eigenvalue weighted by Gasteiger charge is 2.33. The van der Waals surface area contributed by atoms with Crippen molar-refractivity contribution >= 4 is 18.1 Å². The highest BCUT2D eigenvalue weighted by atomic mass is 16.4. The first-order valence-corrected chi connectivity index (χ1v) is 4.95. The maximum Gasteiger partial charge on any atom is 0.335 e. The summed E-state index contributed by atoms with van der Waals surface area (Å²) in [5.74, 6) is -2.54. The molecule has 106 valence electrons. The lowest BCUT2D eigenvalue weighted by Gasteiger charge is -2.22. The van der Waals surface area contributed by atoms with Crippen molar-refractivity contribution in [3.05, 3.63) is 0 Å². The third-order valence-electron chi connectivity index (χ3n) is 1.93. The van der Waals surface area contributed by atoms with E-state index in [9.17, 15) is 24.9 Å². The predicted octanol–water partition coefficient (Wildman–Crippen LogP) is -3.47. The van der Waals surface area contributed by atoms with E-state index in [-0.39, 0.29) is 0 Å². The Bertz CT molecular complexity index is 392. The average Bonchev–Trinajstić information content (AvgIpc) is 2.36. The van der Waals surface area contributed by atoms with Crippen LogP contribution in [-0.4, -0.2) is 68.0 Å². The molecule has 0 aliphatic rings. The zero-order chi connectivity index (χ0) is 15.0. The second-order valence-electron chi connectivity index (χ2n) is 3.40. The molecule has 0 spiro atoms. The van der Waals surface area contributed by atoms with Gasteiger partial charge >= 0.3 is 5.97 Å². The summed E-state index contributed by atoms with van der Waals surface area (Å²) in [4.78, 5) is 21.1. The van der Waals surface area contributed by atoms with Gasteiger partial charge in [-0.2, -0.15) is 10.4 Å². The maximum atomic E-state index is 10.8. The number of carbonyl (C=O) groups excluding carboxylic acids is 1. The summed E-state index contributed by atoms with van der Waals surface area (Å²) in [6.07, 6.45) is -8.14. The van der Waals surface area contributed by atoms with Crippen LogP contribution in [0.1, 0.15) is 6.42 Å². The lowest BCUT2D eigenvalue weighted by atomic mass is 10.0. The monoisotopic (exact) mass is 275 g/mol. The standard InChI is InChI=1S/C9H13N3O7/c10-2-1-5(14)12-11-3-4(13)6(15)7(16)8(17)9(18)19/h3-4,6-8,13,15-17H,1H2,(H,12,14)(H,18,19)/b11-3+. The van der Waals surface area contributed by atoms with Crippen molar-refractivity contribution in [3.63, 3.8) is 0 Å². The molecule has 1 amide bonds. The first-order valence-electron chi connectivity index (χ1n) is 4.95. The van der Waals surface area contributed by atoms with Gasteiger partial charge < -0.3 is 25.5 Å². The summed E-state index contributed by atoms with van der Waals surface area (Å²) in [5, 5.41) is 56.4. The minimum Gasteiger partial charge on any atom is -0.479 e. The smallest absolute Gasteiger partial charge is 0.335 e. The molecular formula is C9H13N3O7. The fourth-order valence-corrected chi connectivity index (χ4v) is 0.920. The van der Waals surface area contributed by atoms with Gasteiger partial charge in [0.25, 0.3) is 5.91 Å². The molecule has 0 saturated carbocycles. The molecule has 0 rings (SSSR count). The molecule has 10 heteroatoms. The van der Waals surface area contributed by atoms with E-state index in [0.717, 1.165) is 0 Å². The lowest BCUT2D eigenvalue weighted by Crippen LogP contribution is -2.48. The van der Waals surface area contributed by atoms with Crippen LogP contribution in [0.15, 0.2) is 5.10 Å². The predicted molar refractivity (Wildman–Crippen MR) is 58.5 cm³/mol. The van der Waals surface area contributed by atoms with Crippen molar-refractivity contribution in [3.8, 4) is 6.07 Å². The van der Waals surface area contributed by atoms with Crippen LogP contribution in [0, 0.1) is 11.3 Å². The number of hydrogen-bond acceptors (Lipinski definition) is 8. The van der Waals surface area contributed by atoms with Gasteiger partial charge in [-0.1, -0.05) is 0 Å². The zero-order valence-electron chi connectivity index (χ0n) is 9.54. The van der Waals surface area contributed by atoms with Gasteiger partial charge in [0.15, 0.2) is 6.10 Å². The van der Waals surface area contributed by atoms with Crippen LogP contribution in [0.2, 0.25) is 0 Å². The van der Waals surface area contributed by atoms with Gasteiger partial charge in [0.2, 0.25) is 0 Å². The summed E-state index contributed by atoms with van der Waals surface area (Å²) in [5.41, 5.74) is 1.84. The number of carboxylic acids is 1. The summed E-state index contributed by atoms with van der Waals surface area (Å²) >= 11 is 0.